The number of carbonyl (C=O) groups excluding carboxylic acids is 2. The molecule has 0 unspecified atom stereocenters. The molecule has 0 bridgehead atoms. The highest BCUT2D eigenvalue weighted by Gasteiger charge is 2.44. The molecular formula is C27H23ClN2O3. The number of benzene rings is 3. The van der Waals surface area contributed by atoms with Gasteiger partial charge in [-0.2, -0.15) is 0 Å². The van der Waals surface area contributed by atoms with E-state index < -0.39 is 0 Å². The Morgan fingerprint density at radius 1 is 0.879 bits per heavy atom. The van der Waals surface area contributed by atoms with E-state index in [1.807, 2.05) is 54.3 Å². The largest absolute Gasteiger partial charge is 0.494 e. The molecule has 0 spiro atoms. The predicted octanol–water partition coefficient (Wildman–Crippen LogP) is 5.48. The molecule has 2 amide bonds. The number of hydrogen-bond acceptors (Lipinski definition) is 4. The highest BCUT2D eigenvalue weighted by molar-refractivity contribution is 6.48. The molecule has 6 heteroatoms. The van der Waals surface area contributed by atoms with Crippen molar-refractivity contribution >= 4 is 40.4 Å². The Morgan fingerprint density at radius 3 is 2.30 bits per heavy atom. The summed E-state index contributed by atoms with van der Waals surface area (Å²) in [5.41, 5.74) is 3.92. The van der Waals surface area contributed by atoms with Gasteiger partial charge in [-0.05, 0) is 54.3 Å². The van der Waals surface area contributed by atoms with Crippen LogP contribution in [0.4, 0.5) is 11.4 Å². The van der Waals surface area contributed by atoms with E-state index in [9.17, 15) is 9.59 Å². The number of para-hydroxylation sites is 2. The number of carbonyl (C=O) groups is 2. The van der Waals surface area contributed by atoms with Crippen LogP contribution in [-0.4, -0.2) is 25.0 Å². The first-order valence-corrected chi connectivity index (χ1v) is 11.4. The Labute approximate surface area is 197 Å². The second-order valence-corrected chi connectivity index (χ2v) is 8.43. The van der Waals surface area contributed by atoms with Gasteiger partial charge in [0.25, 0.3) is 11.8 Å². The van der Waals surface area contributed by atoms with E-state index >= 15 is 0 Å². The molecule has 2 aliphatic heterocycles. The van der Waals surface area contributed by atoms with E-state index in [0.29, 0.717) is 40.7 Å². The fourth-order valence-electron chi connectivity index (χ4n) is 4.39. The zero-order chi connectivity index (χ0) is 22.9. The Bertz CT molecular complexity index is 1270. The molecule has 0 aliphatic carbocycles. The maximum atomic E-state index is 13.8. The summed E-state index contributed by atoms with van der Waals surface area (Å²) in [6.07, 6.45) is 1.72. The summed E-state index contributed by atoms with van der Waals surface area (Å²) < 4.78 is 5.69. The van der Waals surface area contributed by atoms with Gasteiger partial charge in [0.1, 0.15) is 11.4 Å². The van der Waals surface area contributed by atoms with Gasteiger partial charge in [-0.1, -0.05) is 61.0 Å². The van der Waals surface area contributed by atoms with Crippen LogP contribution in [0.2, 0.25) is 5.02 Å². The number of imide groups is 1. The number of halogens is 1. The molecule has 0 N–H and O–H groups in total. The second-order valence-electron chi connectivity index (χ2n) is 8.02. The first-order chi connectivity index (χ1) is 16.1. The SMILES string of the molecule is CCCOc1ccc(C2=C(N3CCc4ccccc43)C(=O)N(c3ccccc3Cl)C2=O)cc1. The number of ether oxygens (including phenoxy) is 1. The van der Waals surface area contributed by atoms with Crippen molar-refractivity contribution in [1.82, 2.24) is 0 Å². The summed E-state index contributed by atoms with van der Waals surface area (Å²) in [5.74, 6) is -0.0187. The first-order valence-electron chi connectivity index (χ1n) is 11.1. The van der Waals surface area contributed by atoms with Crippen LogP contribution in [0.5, 0.6) is 5.75 Å². The average molecular weight is 459 g/mol. The quantitative estimate of drug-likeness (QED) is 0.459. The van der Waals surface area contributed by atoms with E-state index in [1.165, 1.54) is 4.90 Å². The number of rotatable bonds is 6. The van der Waals surface area contributed by atoms with Gasteiger partial charge >= 0.3 is 0 Å². The molecule has 2 heterocycles. The lowest BCUT2D eigenvalue weighted by atomic mass is 10.0. The lowest BCUT2D eigenvalue weighted by Crippen LogP contribution is -2.35. The van der Waals surface area contributed by atoms with E-state index in [2.05, 4.69) is 6.07 Å². The molecule has 5 nitrogen and oxygen atoms in total. The van der Waals surface area contributed by atoms with E-state index in [1.54, 1.807) is 24.3 Å². The standard InChI is InChI=1S/C27H23ClN2O3/c1-2-17-33-20-13-11-19(12-14-20)24-25(29-16-15-18-7-3-5-9-22(18)29)27(32)30(26(24)31)23-10-6-4-8-21(23)28/h3-14H,2,15-17H2,1H3. The van der Waals surface area contributed by atoms with Gasteiger partial charge < -0.3 is 9.64 Å². The van der Waals surface area contributed by atoms with Gasteiger partial charge in [0.2, 0.25) is 0 Å². The summed E-state index contributed by atoms with van der Waals surface area (Å²) in [5, 5.41) is 0.352. The molecule has 0 atom stereocenters. The fraction of sp³-hybridized carbons (Fsp3) is 0.185. The molecule has 33 heavy (non-hydrogen) atoms. The number of fused-ring (bicyclic) bond motifs is 1. The van der Waals surface area contributed by atoms with Crippen molar-refractivity contribution in [2.75, 3.05) is 23.0 Å². The van der Waals surface area contributed by atoms with Gasteiger partial charge in [0, 0.05) is 12.2 Å². The minimum atomic E-state index is -0.380. The van der Waals surface area contributed by atoms with E-state index in [4.69, 9.17) is 16.3 Å². The number of amides is 2. The van der Waals surface area contributed by atoms with Crippen LogP contribution in [0.25, 0.3) is 5.57 Å². The van der Waals surface area contributed by atoms with Crippen molar-refractivity contribution in [1.29, 1.82) is 0 Å². The molecular weight excluding hydrogens is 436 g/mol. The summed E-state index contributed by atoms with van der Waals surface area (Å²) in [7, 11) is 0. The highest BCUT2D eigenvalue weighted by atomic mass is 35.5. The smallest absolute Gasteiger partial charge is 0.282 e. The Kier molecular flexibility index (Phi) is 5.65. The topological polar surface area (TPSA) is 49.9 Å². The maximum absolute atomic E-state index is 13.8. The molecule has 3 aromatic rings. The Morgan fingerprint density at radius 2 is 1.58 bits per heavy atom. The third kappa shape index (κ3) is 3.68. The molecule has 166 valence electrons. The minimum Gasteiger partial charge on any atom is -0.494 e. The van der Waals surface area contributed by atoms with E-state index in [0.717, 1.165) is 29.8 Å². The Balaban J connectivity index is 1.63. The van der Waals surface area contributed by atoms with Gasteiger partial charge in [0.05, 0.1) is 22.9 Å². The van der Waals surface area contributed by atoms with Crippen LogP contribution in [0.1, 0.15) is 24.5 Å². The molecule has 0 radical (unpaired) electrons. The Hall–Kier alpha value is -3.57. The average Bonchev–Trinajstić information content (AvgIpc) is 3.36. The van der Waals surface area contributed by atoms with Crippen LogP contribution in [0, 0.1) is 0 Å². The second kappa shape index (κ2) is 8.75. The maximum Gasteiger partial charge on any atom is 0.282 e. The van der Waals surface area contributed by atoms with Crippen molar-refractivity contribution in [3.05, 3.63) is 94.6 Å². The van der Waals surface area contributed by atoms with Crippen LogP contribution in [-0.2, 0) is 16.0 Å². The summed E-state index contributed by atoms with van der Waals surface area (Å²) >= 11 is 6.39. The predicted molar refractivity (Wildman–Crippen MR) is 131 cm³/mol. The highest BCUT2D eigenvalue weighted by Crippen LogP contribution is 2.41. The lowest BCUT2D eigenvalue weighted by molar-refractivity contribution is -0.120. The van der Waals surface area contributed by atoms with Crippen molar-refractivity contribution in [2.45, 2.75) is 19.8 Å². The third-order valence-electron chi connectivity index (χ3n) is 5.93. The number of nitrogens with zero attached hydrogens (tertiary/aromatic N) is 2. The molecule has 5 rings (SSSR count). The summed E-state index contributed by atoms with van der Waals surface area (Å²) in [6, 6.07) is 22.3. The monoisotopic (exact) mass is 458 g/mol. The van der Waals surface area contributed by atoms with Gasteiger partial charge in [0.15, 0.2) is 0 Å². The first kappa shape index (κ1) is 21.3. The van der Waals surface area contributed by atoms with Crippen molar-refractivity contribution in [3.8, 4) is 5.75 Å². The van der Waals surface area contributed by atoms with E-state index in [-0.39, 0.29) is 11.8 Å². The van der Waals surface area contributed by atoms with Crippen molar-refractivity contribution in [2.24, 2.45) is 0 Å². The van der Waals surface area contributed by atoms with Crippen LogP contribution < -0.4 is 14.5 Å². The molecule has 0 saturated carbocycles. The summed E-state index contributed by atoms with van der Waals surface area (Å²) in [4.78, 5) is 30.7. The third-order valence-corrected chi connectivity index (χ3v) is 6.25. The molecule has 3 aromatic carbocycles. The van der Waals surface area contributed by atoms with Gasteiger partial charge in [-0.3, -0.25) is 9.59 Å². The van der Waals surface area contributed by atoms with Crippen molar-refractivity contribution in [3.63, 3.8) is 0 Å². The molecule has 0 aromatic heterocycles. The van der Waals surface area contributed by atoms with Crippen LogP contribution >= 0.6 is 11.6 Å². The normalized spacial score (nSPS) is 15.5. The van der Waals surface area contributed by atoms with Crippen LogP contribution in [0.15, 0.2) is 78.5 Å². The van der Waals surface area contributed by atoms with Crippen molar-refractivity contribution < 1.29 is 14.3 Å². The lowest BCUT2D eigenvalue weighted by Gasteiger charge is -2.22. The number of anilines is 2. The molecule has 2 aliphatic rings. The zero-order valence-electron chi connectivity index (χ0n) is 18.3. The molecule has 0 fully saturated rings. The zero-order valence-corrected chi connectivity index (χ0v) is 19.0. The fourth-order valence-corrected chi connectivity index (χ4v) is 4.61. The number of hydrogen-bond donors (Lipinski definition) is 0. The van der Waals surface area contributed by atoms with Gasteiger partial charge in [-0.25, -0.2) is 4.90 Å². The van der Waals surface area contributed by atoms with Crippen LogP contribution in [0.3, 0.4) is 0 Å². The minimum absolute atomic E-state index is 0.352. The summed E-state index contributed by atoms with van der Waals surface area (Å²) in [6.45, 7) is 3.30. The van der Waals surface area contributed by atoms with Gasteiger partial charge in [-0.15, -0.1) is 0 Å². The molecule has 0 saturated heterocycles.